The average molecular weight is 484 g/mol. The fraction of sp³-hybridized carbons (Fsp3) is 0.0455. The minimum atomic E-state index is -4.00. The van der Waals surface area contributed by atoms with E-state index in [1.165, 1.54) is 47.4 Å². The number of hydrogen-bond acceptors (Lipinski definition) is 5. The molecule has 0 saturated carbocycles. The first-order chi connectivity index (χ1) is 15.6. The quantitative estimate of drug-likeness (QED) is 0.425. The Morgan fingerprint density at radius 3 is 2.45 bits per heavy atom. The van der Waals surface area contributed by atoms with Crippen molar-refractivity contribution < 1.29 is 17.6 Å². The lowest BCUT2D eigenvalue weighted by atomic mass is 10.1. The van der Waals surface area contributed by atoms with Gasteiger partial charge in [-0.25, -0.2) is 23.0 Å². The Labute approximate surface area is 195 Å². The maximum Gasteiger partial charge on any atom is 0.279 e. The third kappa shape index (κ3) is 4.60. The molecular weight excluding hydrogens is 465 g/mol. The van der Waals surface area contributed by atoms with Gasteiger partial charge in [0.2, 0.25) is 10.0 Å². The van der Waals surface area contributed by atoms with Crippen LogP contribution >= 0.6 is 12.2 Å². The second-order valence-corrected chi connectivity index (χ2v) is 9.16. The lowest BCUT2D eigenvalue weighted by molar-refractivity contribution is -0.112. The van der Waals surface area contributed by atoms with Gasteiger partial charge < -0.3 is 10.6 Å². The Bertz CT molecular complexity index is 1390. The van der Waals surface area contributed by atoms with E-state index in [1.54, 1.807) is 0 Å². The van der Waals surface area contributed by atoms with Crippen molar-refractivity contribution in [3.63, 3.8) is 0 Å². The number of primary sulfonamides is 1. The number of halogens is 1. The number of amides is 1. The van der Waals surface area contributed by atoms with Crippen LogP contribution in [0.25, 0.3) is 0 Å². The fourth-order valence-electron chi connectivity index (χ4n) is 3.43. The van der Waals surface area contributed by atoms with Gasteiger partial charge in [-0.1, -0.05) is 36.4 Å². The Kier molecular flexibility index (Phi) is 5.93. The lowest BCUT2D eigenvalue weighted by Crippen LogP contribution is -2.35. The zero-order chi connectivity index (χ0) is 23.8. The second kappa shape index (κ2) is 8.70. The highest BCUT2D eigenvalue weighted by Gasteiger charge is 2.35. The number of fused-ring (bicyclic) bond motifs is 1. The summed E-state index contributed by atoms with van der Waals surface area (Å²) in [6.07, 6.45) is 0. The van der Waals surface area contributed by atoms with Crippen molar-refractivity contribution in [2.45, 2.75) is 11.4 Å². The summed E-state index contributed by atoms with van der Waals surface area (Å²) in [5.74, 6) is -0.990. The third-order valence-corrected chi connectivity index (χ3v) is 6.02. The SMILES string of the molecule is NC(=S)N(/N=C1\C(=O)N(Cc2ccccc2)c2cc(F)ccc21)c1cccc(S(N)(=O)=O)c1. The number of sulfonamides is 1. The number of rotatable bonds is 5. The number of carbonyl (C=O) groups is 1. The van der Waals surface area contributed by atoms with Crippen molar-refractivity contribution in [1.82, 2.24) is 0 Å². The molecule has 3 aromatic carbocycles. The number of benzene rings is 3. The molecule has 0 bridgehead atoms. The normalized spacial score (nSPS) is 14.4. The first kappa shape index (κ1) is 22.5. The number of anilines is 2. The predicted octanol–water partition coefficient (Wildman–Crippen LogP) is 2.47. The molecule has 3 aromatic rings. The molecule has 0 unspecified atom stereocenters. The highest BCUT2D eigenvalue weighted by Crippen LogP contribution is 2.32. The van der Waals surface area contributed by atoms with Crippen LogP contribution in [0.1, 0.15) is 11.1 Å². The monoisotopic (exact) mass is 483 g/mol. The van der Waals surface area contributed by atoms with Gasteiger partial charge in [-0.2, -0.15) is 5.10 Å². The number of nitrogens with zero attached hydrogens (tertiary/aromatic N) is 3. The third-order valence-electron chi connectivity index (χ3n) is 4.94. The Hall–Kier alpha value is -3.67. The average Bonchev–Trinajstić information content (AvgIpc) is 3.02. The highest BCUT2D eigenvalue weighted by molar-refractivity contribution is 7.89. The van der Waals surface area contributed by atoms with Crippen LogP contribution in [-0.2, 0) is 21.4 Å². The maximum absolute atomic E-state index is 14.0. The molecule has 1 amide bonds. The van der Waals surface area contributed by atoms with E-state index in [4.69, 9.17) is 23.1 Å². The predicted molar refractivity (Wildman–Crippen MR) is 128 cm³/mol. The molecule has 33 heavy (non-hydrogen) atoms. The summed E-state index contributed by atoms with van der Waals surface area (Å²) in [4.78, 5) is 14.6. The molecule has 1 aliphatic heterocycles. The van der Waals surface area contributed by atoms with E-state index in [2.05, 4.69) is 5.10 Å². The number of hydrogen-bond donors (Lipinski definition) is 2. The van der Waals surface area contributed by atoms with Gasteiger partial charge in [-0.15, -0.1) is 0 Å². The first-order valence-electron chi connectivity index (χ1n) is 9.62. The second-order valence-electron chi connectivity index (χ2n) is 7.18. The van der Waals surface area contributed by atoms with Crippen LogP contribution in [0.2, 0.25) is 0 Å². The minimum absolute atomic E-state index is 0.0188. The zero-order valence-corrected chi connectivity index (χ0v) is 18.7. The molecule has 168 valence electrons. The molecule has 0 aromatic heterocycles. The van der Waals surface area contributed by atoms with Crippen LogP contribution in [0, 0.1) is 5.82 Å². The van der Waals surface area contributed by atoms with E-state index in [-0.39, 0.29) is 28.0 Å². The summed E-state index contributed by atoms with van der Waals surface area (Å²) in [6, 6.07) is 18.7. The number of carbonyl (C=O) groups excluding carboxylic acids is 1. The standard InChI is InChI=1S/C22H18FN5O3S2/c23-15-9-10-18-19(11-15)27(13-14-5-2-1-3-6-14)21(29)20(18)26-28(22(24)32)16-7-4-8-17(12-16)33(25,30)31/h1-12H,13H2,(H2,24,32)(H2,25,30,31)/b26-20-. The van der Waals surface area contributed by atoms with Crippen molar-refractivity contribution in [3.05, 3.63) is 89.7 Å². The fourth-order valence-corrected chi connectivity index (χ4v) is 4.13. The number of hydrazone groups is 1. The molecule has 0 spiro atoms. The van der Waals surface area contributed by atoms with Crippen molar-refractivity contribution in [1.29, 1.82) is 0 Å². The van der Waals surface area contributed by atoms with Gasteiger partial charge in [-0.3, -0.25) is 4.79 Å². The van der Waals surface area contributed by atoms with E-state index < -0.39 is 21.7 Å². The van der Waals surface area contributed by atoms with Crippen LogP contribution in [-0.4, -0.2) is 25.1 Å². The van der Waals surface area contributed by atoms with Gasteiger partial charge in [-0.05, 0) is 54.2 Å². The zero-order valence-electron chi connectivity index (χ0n) is 17.1. The summed E-state index contributed by atoms with van der Waals surface area (Å²) < 4.78 is 37.5. The molecular formula is C22H18FN5O3S2. The maximum atomic E-state index is 14.0. The summed E-state index contributed by atoms with van der Waals surface area (Å²) in [6.45, 7) is 0.198. The molecule has 4 rings (SSSR count). The molecule has 0 radical (unpaired) electrons. The topological polar surface area (TPSA) is 122 Å². The summed E-state index contributed by atoms with van der Waals surface area (Å²) >= 11 is 5.09. The summed E-state index contributed by atoms with van der Waals surface area (Å²) in [7, 11) is -4.00. The first-order valence-corrected chi connectivity index (χ1v) is 11.6. The highest BCUT2D eigenvalue weighted by atomic mass is 32.2. The molecule has 11 heteroatoms. The van der Waals surface area contributed by atoms with Crippen LogP contribution < -0.4 is 20.8 Å². The van der Waals surface area contributed by atoms with Gasteiger partial charge in [0, 0.05) is 5.56 Å². The van der Waals surface area contributed by atoms with Gasteiger partial charge in [0.25, 0.3) is 5.91 Å². The smallest absolute Gasteiger partial charge is 0.279 e. The van der Waals surface area contributed by atoms with Crippen LogP contribution in [0.15, 0.2) is 82.8 Å². The molecule has 0 saturated heterocycles. The van der Waals surface area contributed by atoms with Crippen molar-refractivity contribution >= 4 is 50.3 Å². The van der Waals surface area contributed by atoms with Gasteiger partial charge >= 0.3 is 0 Å². The Balaban J connectivity index is 1.81. The summed E-state index contributed by atoms with van der Waals surface area (Å²) in [5.41, 5.74) is 7.60. The van der Waals surface area contributed by atoms with Crippen LogP contribution in [0.4, 0.5) is 15.8 Å². The minimum Gasteiger partial charge on any atom is -0.374 e. The van der Waals surface area contributed by atoms with Gasteiger partial charge in [0.05, 0.1) is 22.8 Å². The molecule has 0 fully saturated rings. The van der Waals surface area contributed by atoms with Crippen LogP contribution in [0.3, 0.4) is 0 Å². The van der Waals surface area contributed by atoms with E-state index >= 15 is 0 Å². The summed E-state index contributed by atoms with van der Waals surface area (Å²) in [5, 5.41) is 10.4. The Morgan fingerprint density at radius 1 is 1.06 bits per heavy atom. The molecule has 1 heterocycles. The van der Waals surface area contributed by atoms with Gasteiger partial charge in [0.15, 0.2) is 10.8 Å². The molecule has 1 aliphatic rings. The Morgan fingerprint density at radius 2 is 1.79 bits per heavy atom. The van der Waals surface area contributed by atoms with Crippen molar-refractivity contribution in [2.75, 3.05) is 9.91 Å². The van der Waals surface area contributed by atoms with Crippen LogP contribution in [0.5, 0.6) is 0 Å². The van der Waals surface area contributed by atoms with E-state index in [1.807, 2.05) is 30.3 Å². The van der Waals surface area contributed by atoms with E-state index in [0.29, 0.717) is 11.3 Å². The van der Waals surface area contributed by atoms with Crippen molar-refractivity contribution in [2.24, 2.45) is 16.0 Å². The largest absolute Gasteiger partial charge is 0.374 e. The molecule has 0 aliphatic carbocycles. The molecule has 8 nitrogen and oxygen atoms in total. The number of thiocarbonyl (C=S) groups is 1. The van der Waals surface area contributed by atoms with Crippen molar-refractivity contribution in [3.8, 4) is 0 Å². The molecule has 4 N–H and O–H groups in total. The van der Waals surface area contributed by atoms with E-state index in [0.717, 1.165) is 10.6 Å². The molecule has 0 atom stereocenters. The number of nitrogens with two attached hydrogens (primary N) is 2. The van der Waals surface area contributed by atoms with Gasteiger partial charge in [0.1, 0.15) is 5.82 Å². The lowest BCUT2D eigenvalue weighted by Gasteiger charge is -2.19. The van der Waals surface area contributed by atoms with E-state index in [9.17, 15) is 17.6 Å².